The van der Waals surface area contributed by atoms with Crippen LogP contribution in [0.25, 0.3) is 0 Å². The summed E-state index contributed by atoms with van der Waals surface area (Å²) < 4.78 is 27.8. The number of amides is 1. The number of sulfonamides is 1. The number of likely N-dealkylation sites (tertiary alicyclic amines) is 1. The summed E-state index contributed by atoms with van der Waals surface area (Å²) in [6.07, 6.45) is 1.87. The maximum absolute atomic E-state index is 13.3. The van der Waals surface area contributed by atoms with Gasteiger partial charge in [0.25, 0.3) is 0 Å². The first-order chi connectivity index (χ1) is 13.8. The topological polar surface area (TPSA) is 57.7 Å². The second-order valence-electron chi connectivity index (χ2n) is 7.42. The van der Waals surface area contributed by atoms with E-state index in [9.17, 15) is 13.2 Å². The molecule has 2 aromatic carbocycles. The van der Waals surface area contributed by atoms with Crippen molar-refractivity contribution < 1.29 is 13.2 Å². The summed E-state index contributed by atoms with van der Waals surface area (Å²) in [6.45, 7) is 3.32. The number of piperidine rings is 1. The molecule has 1 aliphatic heterocycles. The molecule has 1 saturated heterocycles. The number of carbonyl (C=O) groups excluding carboxylic acids is 1. The van der Waals surface area contributed by atoms with E-state index in [0.29, 0.717) is 29.1 Å². The summed E-state index contributed by atoms with van der Waals surface area (Å²) >= 11 is 12.0. The fraction of sp³-hybridized carbons (Fsp3) is 0.381. The predicted molar refractivity (Wildman–Crippen MR) is 115 cm³/mol. The van der Waals surface area contributed by atoms with E-state index in [1.165, 1.54) is 28.6 Å². The van der Waals surface area contributed by atoms with Crippen molar-refractivity contribution in [2.45, 2.75) is 31.2 Å². The summed E-state index contributed by atoms with van der Waals surface area (Å²) in [4.78, 5) is 14.7. The molecule has 1 aliphatic rings. The lowest BCUT2D eigenvalue weighted by Crippen LogP contribution is -2.45. The van der Waals surface area contributed by atoms with Crippen LogP contribution in [0.3, 0.4) is 0 Å². The SMILES string of the molecule is CC1CCN(C(=O)CN(Cc2cccc(Cl)c2)S(=O)(=O)c2ccc(Cl)cc2)CC1. The van der Waals surface area contributed by atoms with Gasteiger partial charge >= 0.3 is 0 Å². The van der Waals surface area contributed by atoms with Crippen molar-refractivity contribution in [1.82, 2.24) is 9.21 Å². The van der Waals surface area contributed by atoms with Gasteiger partial charge in [-0.25, -0.2) is 8.42 Å². The van der Waals surface area contributed by atoms with Crippen LogP contribution in [0.1, 0.15) is 25.3 Å². The molecule has 0 N–H and O–H groups in total. The van der Waals surface area contributed by atoms with Crippen LogP contribution in [0.4, 0.5) is 0 Å². The van der Waals surface area contributed by atoms with Gasteiger partial charge in [0.2, 0.25) is 15.9 Å². The summed E-state index contributed by atoms with van der Waals surface area (Å²) in [6, 6.07) is 13.0. The first kappa shape index (κ1) is 22.1. The smallest absolute Gasteiger partial charge is 0.243 e. The van der Waals surface area contributed by atoms with Crippen LogP contribution in [-0.4, -0.2) is 43.2 Å². The van der Waals surface area contributed by atoms with E-state index in [2.05, 4.69) is 6.92 Å². The summed E-state index contributed by atoms with van der Waals surface area (Å²) in [5.74, 6) is 0.399. The zero-order chi connectivity index (χ0) is 21.0. The summed E-state index contributed by atoms with van der Waals surface area (Å²) in [7, 11) is -3.89. The quantitative estimate of drug-likeness (QED) is 0.647. The van der Waals surface area contributed by atoms with E-state index < -0.39 is 10.0 Å². The maximum atomic E-state index is 13.3. The maximum Gasteiger partial charge on any atom is 0.243 e. The molecule has 3 rings (SSSR count). The number of nitrogens with zero attached hydrogens (tertiary/aromatic N) is 2. The van der Waals surface area contributed by atoms with Crippen molar-refractivity contribution in [2.75, 3.05) is 19.6 Å². The Labute approximate surface area is 182 Å². The minimum atomic E-state index is -3.89. The lowest BCUT2D eigenvalue weighted by molar-refractivity contribution is -0.132. The van der Waals surface area contributed by atoms with Gasteiger partial charge in [-0.1, -0.05) is 42.3 Å². The third-order valence-corrected chi connectivity index (χ3v) is 7.44. The third-order valence-electron chi connectivity index (χ3n) is 5.15. The molecule has 0 bridgehead atoms. The van der Waals surface area contributed by atoms with E-state index >= 15 is 0 Å². The predicted octanol–water partition coefficient (Wildman–Crippen LogP) is 4.44. The van der Waals surface area contributed by atoms with Crippen molar-refractivity contribution in [1.29, 1.82) is 0 Å². The molecule has 0 aliphatic carbocycles. The Hall–Kier alpha value is -1.60. The lowest BCUT2D eigenvalue weighted by Gasteiger charge is -2.32. The fourth-order valence-electron chi connectivity index (χ4n) is 3.33. The van der Waals surface area contributed by atoms with Crippen molar-refractivity contribution in [2.24, 2.45) is 5.92 Å². The van der Waals surface area contributed by atoms with Gasteiger partial charge in [0.05, 0.1) is 11.4 Å². The van der Waals surface area contributed by atoms with E-state index in [1.54, 1.807) is 29.2 Å². The Balaban J connectivity index is 1.86. The molecule has 8 heteroatoms. The first-order valence-corrected chi connectivity index (χ1v) is 11.7. The Kier molecular flexibility index (Phi) is 7.22. The zero-order valence-corrected chi connectivity index (χ0v) is 18.6. The van der Waals surface area contributed by atoms with Gasteiger partial charge in [0.15, 0.2) is 0 Å². The van der Waals surface area contributed by atoms with Gasteiger partial charge in [0.1, 0.15) is 0 Å². The van der Waals surface area contributed by atoms with Crippen LogP contribution in [-0.2, 0) is 21.4 Å². The molecule has 0 unspecified atom stereocenters. The normalized spacial score (nSPS) is 15.7. The molecule has 0 spiro atoms. The number of hydrogen-bond acceptors (Lipinski definition) is 3. The number of halogens is 2. The minimum absolute atomic E-state index is 0.0570. The standard InChI is InChI=1S/C21H24Cl2N2O3S/c1-16-9-11-24(12-10-16)21(26)15-25(14-17-3-2-4-19(23)13-17)29(27,28)20-7-5-18(22)6-8-20/h2-8,13,16H,9-12,14-15H2,1H3. The van der Waals surface area contributed by atoms with Crippen molar-refractivity contribution in [3.8, 4) is 0 Å². The number of rotatable bonds is 6. The van der Waals surface area contributed by atoms with Crippen LogP contribution in [0.15, 0.2) is 53.4 Å². The van der Waals surface area contributed by atoms with Gasteiger partial charge in [0, 0.05) is 29.7 Å². The summed E-state index contributed by atoms with van der Waals surface area (Å²) in [5, 5.41) is 0.964. The molecule has 0 aromatic heterocycles. The van der Waals surface area contributed by atoms with Crippen molar-refractivity contribution in [3.05, 3.63) is 64.1 Å². The van der Waals surface area contributed by atoms with Crippen LogP contribution in [0.5, 0.6) is 0 Å². The molecular weight excluding hydrogens is 431 g/mol. The Morgan fingerprint density at radius 3 is 2.34 bits per heavy atom. The highest BCUT2D eigenvalue weighted by atomic mass is 35.5. The molecule has 1 heterocycles. The van der Waals surface area contributed by atoms with Gasteiger partial charge in [-0.3, -0.25) is 4.79 Å². The Morgan fingerprint density at radius 2 is 1.72 bits per heavy atom. The zero-order valence-electron chi connectivity index (χ0n) is 16.2. The molecule has 29 heavy (non-hydrogen) atoms. The minimum Gasteiger partial charge on any atom is -0.342 e. The monoisotopic (exact) mass is 454 g/mol. The van der Waals surface area contributed by atoms with Crippen molar-refractivity contribution >= 4 is 39.1 Å². The molecule has 2 aromatic rings. The van der Waals surface area contributed by atoms with Gasteiger partial charge in [-0.05, 0) is 60.7 Å². The second-order valence-corrected chi connectivity index (χ2v) is 10.2. The van der Waals surface area contributed by atoms with E-state index in [1.807, 2.05) is 0 Å². The number of hydrogen-bond donors (Lipinski definition) is 0. The number of benzene rings is 2. The highest BCUT2D eigenvalue weighted by molar-refractivity contribution is 7.89. The molecule has 0 atom stereocenters. The van der Waals surface area contributed by atoms with Crippen LogP contribution >= 0.6 is 23.2 Å². The average Bonchev–Trinajstić information content (AvgIpc) is 2.68. The lowest BCUT2D eigenvalue weighted by atomic mass is 9.99. The molecule has 0 saturated carbocycles. The Bertz CT molecular complexity index is 956. The van der Waals surface area contributed by atoms with Crippen LogP contribution in [0.2, 0.25) is 10.0 Å². The van der Waals surface area contributed by atoms with Gasteiger partial charge in [-0.2, -0.15) is 4.31 Å². The highest BCUT2D eigenvalue weighted by Gasteiger charge is 2.30. The highest BCUT2D eigenvalue weighted by Crippen LogP contribution is 2.23. The number of carbonyl (C=O) groups is 1. The molecule has 1 amide bonds. The summed E-state index contributed by atoms with van der Waals surface area (Å²) in [5.41, 5.74) is 0.718. The van der Waals surface area contributed by atoms with E-state index in [4.69, 9.17) is 23.2 Å². The third kappa shape index (κ3) is 5.72. The molecule has 5 nitrogen and oxygen atoms in total. The fourth-order valence-corrected chi connectivity index (χ4v) is 5.05. The molecular formula is C21H24Cl2N2O3S. The average molecular weight is 455 g/mol. The Morgan fingerprint density at radius 1 is 1.07 bits per heavy atom. The molecule has 156 valence electrons. The van der Waals surface area contributed by atoms with E-state index in [0.717, 1.165) is 18.4 Å². The second kappa shape index (κ2) is 9.47. The molecule has 1 fully saturated rings. The van der Waals surface area contributed by atoms with Crippen molar-refractivity contribution in [3.63, 3.8) is 0 Å². The van der Waals surface area contributed by atoms with E-state index in [-0.39, 0.29) is 23.9 Å². The van der Waals surface area contributed by atoms with Crippen LogP contribution in [0, 0.1) is 5.92 Å². The van der Waals surface area contributed by atoms with Gasteiger partial charge in [-0.15, -0.1) is 0 Å². The largest absolute Gasteiger partial charge is 0.342 e. The van der Waals surface area contributed by atoms with Gasteiger partial charge < -0.3 is 4.90 Å². The first-order valence-electron chi connectivity index (χ1n) is 9.53. The van der Waals surface area contributed by atoms with Crippen LogP contribution < -0.4 is 0 Å². The molecule has 0 radical (unpaired) electrons.